The molecule has 4 aromatic rings. The van der Waals surface area contributed by atoms with Crippen molar-refractivity contribution in [2.75, 3.05) is 0 Å². The number of aromatic nitrogens is 2. The molecule has 6 rings (SSSR count). The van der Waals surface area contributed by atoms with Gasteiger partial charge in [-0.25, -0.2) is 9.78 Å². The van der Waals surface area contributed by atoms with Crippen LogP contribution < -0.4 is 4.74 Å². The first kappa shape index (κ1) is 23.2. The zero-order valence-electron chi connectivity index (χ0n) is 21.2. The second-order valence-corrected chi connectivity index (χ2v) is 11.5. The van der Waals surface area contributed by atoms with Gasteiger partial charge in [0, 0.05) is 22.0 Å². The molecule has 36 heavy (non-hydrogen) atoms. The molecule has 3 atom stereocenters. The first-order chi connectivity index (χ1) is 17.1. The lowest BCUT2D eigenvalue weighted by atomic mass is 9.93. The van der Waals surface area contributed by atoms with E-state index in [4.69, 9.17) is 26.1 Å². The molecule has 1 N–H and O–H groups in total. The molecule has 7 heteroatoms. The predicted molar refractivity (Wildman–Crippen MR) is 142 cm³/mol. The van der Waals surface area contributed by atoms with Gasteiger partial charge in [-0.3, -0.25) is 4.90 Å². The molecule has 1 fully saturated rings. The quantitative estimate of drug-likeness (QED) is 0.290. The van der Waals surface area contributed by atoms with Gasteiger partial charge in [-0.2, -0.15) is 0 Å². The van der Waals surface area contributed by atoms with Crippen molar-refractivity contribution >= 4 is 39.5 Å². The highest BCUT2D eigenvalue weighted by molar-refractivity contribution is 6.30. The Labute approximate surface area is 215 Å². The molecule has 0 saturated carbocycles. The molecular weight excluding hydrogens is 474 g/mol. The van der Waals surface area contributed by atoms with Crippen molar-refractivity contribution in [3.63, 3.8) is 0 Å². The molecular formula is C29H30ClN3O3. The number of imidazole rings is 1. The molecule has 6 nitrogen and oxygen atoms in total. The number of nitrogens with one attached hydrogen (secondary N) is 1. The highest BCUT2D eigenvalue weighted by Gasteiger charge is 2.43. The van der Waals surface area contributed by atoms with Gasteiger partial charge < -0.3 is 14.5 Å². The Morgan fingerprint density at radius 2 is 1.94 bits per heavy atom. The van der Waals surface area contributed by atoms with Gasteiger partial charge in [0.1, 0.15) is 23.8 Å². The van der Waals surface area contributed by atoms with Crippen LogP contribution in [-0.2, 0) is 11.3 Å². The summed E-state index contributed by atoms with van der Waals surface area (Å²) in [5.41, 5.74) is 4.63. The highest BCUT2D eigenvalue weighted by Crippen LogP contribution is 2.43. The van der Waals surface area contributed by atoms with E-state index in [1.807, 2.05) is 43.9 Å². The summed E-state index contributed by atoms with van der Waals surface area (Å²) in [7, 11) is 0. The standard InChI is InChI=1S/C29H30ClN3O3/c1-15-10-24(33(16(15)2)28(34)36-29(3,4)5)27-31-23-9-6-17-11-21-18(12-22(17)26(23)32-27)14-35-25-13-19(30)7-8-20(21)25/h6-9,11-13,15-16,24H,10,14H2,1-5H3,(H,31,32). The van der Waals surface area contributed by atoms with Crippen LogP contribution >= 0.6 is 11.6 Å². The van der Waals surface area contributed by atoms with Crippen LogP contribution in [0.3, 0.4) is 0 Å². The molecule has 0 aliphatic carbocycles. The van der Waals surface area contributed by atoms with Crippen LogP contribution in [0.1, 0.15) is 58.5 Å². The van der Waals surface area contributed by atoms with E-state index in [0.29, 0.717) is 17.5 Å². The van der Waals surface area contributed by atoms with E-state index in [9.17, 15) is 4.79 Å². The molecule has 1 amide bonds. The largest absolute Gasteiger partial charge is 0.488 e. The van der Waals surface area contributed by atoms with Gasteiger partial charge in [0.2, 0.25) is 0 Å². The fourth-order valence-corrected chi connectivity index (χ4v) is 5.66. The van der Waals surface area contributed by atoms with Gasteiger partial charge in [0.05, 0.1) is 17.1 Å². The van der Waals surface area contributed by atoms with Gasteiger partial charge in [-0.15, -0.1) is 0 Å². The van der Waals surface area contributed by atoms with Crippen molar-refractivity contribution in [3.05, 3.63) is 58.9 Å². The van der Waals surface area contributed by atoms with Crippen molar-refractivity contribution < 1.29 is 14.3 Å². The van der Waals surface area contributed by atoms with E-state index in [0.717, 1.165) is 56.5 Å². The second kappa shape index (κ2) is 8.13. The maximum atomic E-state index is 13.2. The lowest BCUT2D eigenvalue weighted by Crippen LogP contribution is -2.41. The van der Waals surface area contributed by atoms with Gasteiger partial charge in [0.15, 0.2) is 0 Å². The molecule has 0 radical (unpaired) electrons. The van der Waals surface area contributed by atoms with Crippen LogP contribution in [0.5, 0.6) is 5.75 Å². The number of rotatable bonds is 1. The third-order valence-corrected chi connectivity index (χ3v) is 7.68. The third kappa shape index (κ3) is 3.79. The number of H-pyrrole nitrogens is 1. The van der Waals surface area contributed by atoms with E-state index in [1.165, 1.54) is 0 Å². The van der Waals surface area contributed by atoms with Crippen LogP contribution in [-0.4, -0.2) is 32.6 Å². The zero-order chi connectivity index (χ0) is 25.4. The van der Waals surface area contributed by atoms with Crippen LogP contribution in [0.4, 0.5) is 4.79 Å². The number of halogens is 1. The number of likely N-dealkylation sites (tertiary alicyclic amines) is 1. The number of nitrogens with zero attached hydrogens (tertiary/aromatic N) is 2. The smallest absolute Gasteiger partial charge is 0.411 e. The van der Waals surface area contributed by atoms with Crippen LogP contribution in [0, 0.1) is 5.92 Å². The van der Waals surface area contributed by atoms with E-state index in [2.05, 4.69) is 43.1 Å². The van der Waals surface area contributed by atoms with Gasteiger partial charge >= 0.3 is 6.09 Å². The fraction of sp³-hybridized carbons (Fsp3) is 0.379. The summed E-state index contributed by atoms with van der Waals surface area (Å²) in [5, 5.41) is 2.84. The van der Waals surface area contributed by atoms with Crippen molar-refractivity contribution in [3.8, 4) is 16.9 Å². The summed E-state index contributed by atoms with van der Waals surface area (Å²) in [6.07, 6.45) is 0.542. The molecule has 2 aliphatic rings. The van der Waals surface area contributed by atoms with E-state index in [-0.39, 0.29) is 18.2 Å². The SMILES string of the molecule is CC1CC(c2nc3c(ccc4cc5c(cc43)COc3cc(Cl)ccc3-5)[nH]2)N(C(=O)OC(C)(C)C)C1C. The number of carbonyl (C=O) groups is 1. The van der Waals surface area contributed by atoms with Crippen molar-refractivity contribution in [1.82, 2.24) is 14.9 Å². The third-order valence-electron chi connectivity index (χ3n) is 7.44. The summed E-state index contributed by atoms with van der Waals surface area (Å²) in [6, 6.07) is 14.3. The molecule has 3 unspecified atom stereocenters. The Balaban J connectivity index is 1.43. The summed E-state index contributed by atoms with van der Waals surface area (Å²) in [6.45, 7) is 10.4. The van der Waals surface area contributed by atoms with E-state index >= 15 is 0 Å². The van der Waals surface area contributed by atoms with Gasteiger partial charge in [-0.1, -0.05) is 24.6 Å². The predicted octanol–water partition coefficient (Wildman–Crippen LogP) is 7.64. The van der Waals surface area contributed by atoms with Gasteiger partial charge in [0.25, 0.3) is 0 Å². The fourth-order valence-electron chi connectivity index (χ4n) is 5.50. The topological polar surface area (TPSA) is 67.5 Å². The Kier molecular flexibility index (Phi) is 5.23. The highest BCUT2D eigenvalue weighted by atomic mass is 35.5. The van der Waals surface area contributed by atoms with Crippen molar-refractivity contribution in [2.45, 2.75) is 65.3 Å². The monoisotopic (exact) mass is 503 g/mol. The number of amides is 1. The molecule has 3 aromatic carbocycles. The Bertz CT molecular complexity index is 1520. The zero-order valence-corrected chi connectivity index (χ0v) is 21.9. The van der Waals surface area contributed by atoms with Crippen molar-refractivity contribution in [2.24, 2.45) is 5.92 Å². The molecule has 1 saturated heterocycles. The number of aromatic amines is 1. The Morgan fingerprint density at radius 1 is 1.14 bits per heavy atom. The van der Waals surface area contributed by atoms with Crippen LogP contribution in [0.15, 0.2) is 42.5 Å². The number of fused-ring (bicyclic) bond motifs is 6. The number of carbonyl (C=O) groups excluding carboxylic acids is 1. The second-order valence-electron chi connectivity index (χ2n) is 11.1. The normalized spacial score (nSPS) is 21.4. The summed E-state index contributed by atoms with van der Waals surface area (Å²) in [4.78, 5) is 23.6. The molecule has 0 spiro atoms. The first-order valence-electron chi connectivity index (χ1n) is 12.5. The number of benzene rings is 3. The minimum atomic E-state index is -0.553. The molecule has 2 aliphatic heterocycles. The first-order valence-corrected chi connectivity index (χ1v) is 12.9. The Morgan fingerprint density at radius 3 is 2.72 bits per heavy atom. The number of hydrogen-bond donors (Lipinski definition) is 1. The van der Waals surface area contributed by atoms with Gasteiger partial charge in [-0.05, 0) is 92.9 Å². The Hall–Kier alpha value is -3.25. The molecule has 3 heterocycles. The van der Waals surface area contributed by atoms with Crippen LogP contribution in [0.2, 0.25) is 5.02 Å². The molecule has 186 valence electrons. The maximum Gasteiger partial charge on any atom is 0.411 e. The van der Waals surface area contributed by atoms with Crippen LogP contribution in [0.25, 0.3) is 32.9 Å². The summed E-state index contributed by atoms with van der Waals surface area (Å²) in [5.74, 6) is 1.95. The lowest BCUT2D eigenvalue weighted by Gasteiger charge is -2.31. The minimum Gasteiger partial charge on any atom is -0.488 e. The minimum absolute atomic E-state index is 0.0625. The van der Waals surface area contributed by atoms with E-state index in [1.54, 1.807) is 0 Å². The van der Waals surface area contributed by atoms with E-state index < -0.39 is 5.60 Å². The number of ether oxygens (including phenoxy) is 2. The molecule has 1 aromatic heterocycles. The van der Waals surface area contributed by atoms with Crippen molar-refractivity contribution in [1.29, 1.82) is 0 Å². The maximum absolute atomic E-state index is 13.2. The lowest BCUT2D eigenvalue weighted by molar-refractivity contribution is 0.0140. The number of hydrogen-bond acceptors (Lipinski definition) is 4. The average Bonchev–Trinajstić information content (AvgIpc) is 3.37. The molecule has 0 bridgehead atoms. The average molecular weight is 504 g/mol. The summed E-state index contributed by atoms with van der Waals surface area (Å²) >= 11 is 6.18. The summed E-state index contributed by atoms with van der Waals surface area (Å²) < 4.78 is 11.8.